The molecule has 0 aliphatic heterocycles. The number of imidazole rings is 1. The highest BCUT2D eigenvalue weighted by atomic mass is 32.2. The summed E-state index contributed by atoms with van der Waals surface area (Å²) in [5.41, 5.74) is 10.3. The molecule has 0 spiro atoms. The van der Waals surface area contributed by atoms with Gasteiger partial charge in [0.1, 0.15) is 22.7 Å². The summed E-state index contributed by atoms with van der Waals surface area (Å²) in [6.45, 7) is 7.09. The fraction of sp³-hybridized carbons (Fsp3) is 0.300. The SMILES string of the molecule is CC(C)(C)Cn1c(N)nc2ccc(-c3[nH]nnc3-c3ccc(F)cc3)nc21.CS(=O)(=O)O. The van der Waals surface area contributed by atoms with E-state index in [4.69, 9.17) is 15.3 Å². The summed E-state index contributed by atoms with van der Waals surface area (Å²) in [6, 6.07) is 9.84. The van der Waals surface area contributed by atoms with Crippen LogP contribution in [0.15, 0.2) is 36.4 Å². The lowest BCUT2D eigenvalue weighted by Crippen LogP contribution is -2.17. The Bertz CT molecular complexity index is 1330. The van der Waals surface area contributed by atoms with E-state index in [1.807, 2.05) is 16.7 Å². The van der Waals surface area contributed by atoms with Gasteiger partial charge in [0.2, 0.25) is 5.95 Å². The van der Waals surface area contributed by atoms with Gasteiger partial charge in [0, 0.05) is 12.1 Å². The molecule has 0 bridgehead atoms. The van der Waals surface area contributed by atoms with E-state index in [0.29, 0.717) is 41.5 Å². The van der Waals surface area contributed by atoms with E-state index in [1.165, 1.54) is 12.1 Å². The van der Waals surface area contributed by atoms with Gasteiger partial charge in [-0.25, -0.2) is 14.4 Å². The Morgan fingerprint density at radius 1 is 1.12 bits per heavy atom. The van der Waals surface area contributed by atoms with Crippen molar-refractivity contribution in [2.24, 2.45) is 5.41 Å². The van der Waals surface area contributed by atoms with E-state index < -0.39 is 10.1 Å². The number of nitrogens with two attached hydrogens (primary N) is 1. The molecule has 0 amide bonds. The van der Waals surface area contributed by atoms with Crippen LogP contribution in [-0.4, -0.2) is 49.2 Å². The molecular weight excluding hydrogens is 437 g/mol. The van der Waals surface area contributed by atoms with Crippen LogP contribution in [0.2, 0.25) is 0 Å². The summed E-state index contributed by atoms with van der Waals surface area (Å²) >= 11 is 0. The summed E-state index contributed by atoms with van der Waals surface area (Å²) in [5, 5.41) is 10.9. The van der Waals surface area contributed by atoms with E-state index in [-0.39, 0.29) is 11.2 Å². The Labute approximate surface area is 184 Å². The molecule has 0 aliphatic carbocycles. The number of hydrogen-bond donors (Lipinski definition) is 3. The molecule has 10 nitrogen and oxygen atoms in total. The van der Waals surface area contributed by atoms with E-state index in [1.54, 1.807) is 12.1 Å². The maximum absolute atomic E-state index is 13.2. The second kappa shape index (κ2) is 8.63. The lowest BCUT2D eigenvalue weighted by molar-refractivity contribution is 0.350. The molecule has 4 N–H and O–H groups in total. The van der Waals surface area contributed by atoms with E-state index in [0.717, 1.165) is 11.1 Å². The van der Waals surface area contributed by atoms with Crippen LogP contribution >= 0.6 is 0 Å². The minimum atomic E-state index is -3.67. The Morgan fingerprint density at radius 3 is 2.34 bits per heavy atom. The first-order valence-corrected chi connectivity index (χ1v) is 11.4. The lowest BCUT2D eigenvalue weighted by atomic mass is 9.97. The number of nitrogens with zero attached hydrogens (tertiary/aromatic N) is 5. The number of anilines is 1. The van der Waals surface area contributed by atoms with Crippen LogP contribution in [-0.2, 0) is 16.7 Å². The molecular formula is C20H24FN7O3S. The molecule has 0 fully saturated rings. The Balaban J connectivity index is 0.000000523. The second-order valence-electron chi connectivity index (χ2n) is 8.43. The first kappa shape index (κ1) is 23.3. The fourth-order valence-corrected chi connectivity index (χ4v) is 3.01. The normalized spacial score (nSPS) is 11.9. The van der Waals surface area contributed by atoms with Crippen molar-refractivity contribution in [2.75, 3.05) is 12.0 Å². The van der Waals surface area contributed by atoms with Gasteiger partial charge in [0.15, 0.2) is 5.65 Å². The van der Waals surface area contributed by atoms with Gasteiger partial charge in [0.25, 0.3) is 10.1 Å². The fourth-order valence-electron chi connectivity index (χ4n) is 3.01. The van der Waals surface area contributed by atoms with Gasteiger partial charge in [-0.1, -0.05) is 26.0 Å². The molecule has 170 valence electrons. The molecule has 0 unspecified atom stereocenters. The van der Waals surface area contributed by atoms with Gasteiger partial charge in [0.05, 0.1) is 11.9 Å². The van der Waals surface area contributed by atoms with Crippen LogP contribution in [0.4, 0.5) is 10.3 Å². The number of pyridine rings is 1. The number of benzene rings is 1. The summed E-state index contributed by atoms with van der Waals surface area (Å²) in [7, 11) is -3.67. The number of rotatable bonds is 3. The minimum absolute atomic E-state index is 0.0221. The predicted molar refractivity (Wildman–Crippen MR) is 120 cm³/mol. The third-order valence-corrected chi connectivity index (χ3v) is 4.18. The molecule has 0 atom stereocenters. The van der Waals surface area contributed by atoms with E-state index in [9.17, 15) is 12.8 Å². The number of fused-ring (bicyclic) bond motifs is 1. The molecule has 0 saturated carbocycles. The van der Waals surface area contributed by atoms with Gasteiger partial charge in [-0.3, -0.25) is 14.2 Å². The van der Waals surface area contributed by atoms with Gasteiger partial charge in [-0.15, -0.1) is 5.10 Å². The van der Waals surface area contributed by atoms with Crippen molar-refractivity contribution in [2.45, 2.75) is 27.3 Å². The largest absolute Gasteiger partial charge is 0.369 e. The lowest BCUT2D eigenvalue weighted by Gasteiger charge is -2.19. The first-order valence-electron chi connectivity index (χ1n) is 9.54. The van der Waals surface area contributed by atoms with Gasteiger partial charge >= 0.3 is 0 Å². The number of nitrogen functional groups attached to an aromatic ring is 1. The quantitative estimate of drug-likeness (QED) is 0.393. The monoisotopic (exact) mass is 461 g/mol. The predicted octanol–water partition coefficient (Wildman–Crippen LogP) is 3.15. The molecule has 12 heteroatoms. The maximum Gasteiger partial charge on any atom is 0.261 e. The Kier molecular flexibility index (Phi) is 6.28. The number of aromatic nitrogens is 6. The summed E-state index contributed by atoms with van der Waals surface area (Å²) < 4.78 is 41.0. The number of hydrogen-bond acceptors (Lipinski definition) is 7. The Morgan fingerprint density at radius 2 is 1.75 bits per heavy atom. The average molecular weight is 462 g/mol. The summed E-state index contributed by atoms with van der Waals surface area (Å²) in [6.07, 6.45) is 0.715. The first-order chi connectivity index (χ1) is 14.8. The zero-order valence-electron chi connectivity index (χ0n) is 18.0. The van der Waals surface area contributed by atoms with Crippen LogP contribution in [0.5, 0.6) is 0 Å². The van der Waals surface area contributed by atoms with E-state index >= 15 is 0 Å². The molecule has 4 aromatic rings. The average Bonchev–Trinajstić information content (AvgIpc) is 3.25. The smallest absolute Gasteiger partial charge is 0.261 e. The summed E-state index contributed by atoms with van der Waals surface area (Å²) in [5.74, 6) is 0.135. The highest BCUT2D eigenvalue weighted by Crippen LogP contribution is 2.30. The third kappa shape index (κ3) is 5.86. The zero-order valence-corrected chi connectivity index (χ0v) is 18.9. The molecule has 3 aromatic heterocycles. The number of aromatic amines is 1. The number of H-pyrrole nitrogens is 1. The molecule has 32 heavy (non-hydrogen) atoms. The van der Waals surface area contributed by atoms with Crippen LogP contribution in [0.3, 0.4) is 0 Å². The highest BCUT2D eigenvalue weighted by molar-refractivity contribution is 7.85. The number of halogens is 1. The molecule has 0 radical (unpaired) electrons. The van der Waals surface area contributed by atoms with Crippen LogP contribution < -0.4 is 5.73 Å². The van der Waals surface area contributed by atoms with Crippen molar-refractivity contribution in [3.8, 4) is 22.6 Å². The van der Waals surface area contributed by atoms with Crippen LogP contribution in [0, 0.1) is 11.2 Å². The topological polar surface area (TPSA) is 153 Å². The minimum Gasteiger partial charge on any atom is -0.369 e. The van der Waals surface area contributed by atoms with Gasteiger partial charge < -0.3 is 5.73 Å². The standard InChI is InChI=1S/C19H20FN7.CH4O3S/c1-19(2,3)10-27-17-14(23-18(27)21)9-8-13(22-17)16-15(24-26-25-16)11-4-6-12(20)7-5-11;1-5(2,3)4/h4-9H,10H2,1-3H3,(H2,21,23)(H,24,25,26);1H3,(H,2,3,4). The van der Waals surface area contributed by atoms with Crippen molar-refractivity contribution in [3.05, 3.63) is 42.2 Å². The highest BCUT2D eigenvalue weighted by Gasteiger charge is 2.19. The maximum atomic E-state index is 13.2. The van der Waals surface area contributed by atoms with Crippen molar-refractivity contribution in [1.29, 1.82) is 0 Å². The van der Waals surface area contributed by atoms with Crippen molar-refractivity contribution >= 4 is 27.2 Å². The number of nitrogens with one attached hydrogen (secondary N) is 1. The van der Waals surface area contributed by atoms with E-state index in [2.05, 4.69) is 41.2 Å². The second-order valence-corrected chi connectivity index (χ2v) is 9.90. The third-order valence-electron chi connectivity index (χ3n) is 4.18. The van der Waals surface area contributed by atoms with Crippen LogP contribution in [0.25, 0.3) is 33.8 Å². The molecule has 4 rings (SSSR count). The zero-order chi connectivity index (χ0) is 23.7. The molecule has 1 aromatic carbocycles. The van der Waals surface area contributed by atoms with Gasteiger partial charge in [-0.05, 0) is 41.8 Å². The van der Waals surface area contributed by atoms with Crippen molar-refractivity contribution in [1.82, 2.24) is 29.9 Å². The molecule has 3 heterocycles. The Hall–Kier alpha value is -3.38. The molecule has 0 saturated heterocycles. The van der Waals surface area contributed by atoms with Crippen LogP contribution in [0.1, 0.15) is 20.8 Å². The summed E-state index contributed by atoms with van der Waals surface area (Å²) in [4.78, 5) is 9.17. The van der Waals surface area contributed by atoms with Gasteiger partial charge in [-0.2, -0.15) is 8.42 Å². The van der Waals surface area contributed by atoms with Crippen molar-refractivity contribution < 1.29 is 17.4 Å². The van der Waals surface area contributed by atoms with Crippen molar-refractivity contribution in [3.63, 3.8) is 0 Å². The molecule has 0 aliphatic rings.